The maximum absolute atomic E-state index is 12.0. The summed E-state index contributed by atoms with van der Waals surface area (Å²) in [5.74, 6) is 2.01. The van der Waals surface area contributed by atoms with Crippen molar-refractivity contribution < 1.29 is 19.0 Å². The summed E-state index contributed by atoms with van der Waals surface area (Å²) in [5.41, 5.74) is 1.51. The minimum Gasteiger partial charge on any atom is -0.492 e. The average Bonchev–Trinajstić information content (AvgIpc) is 3.07. The lowest BCUT2D eigenvalue weighted by Crippen LogP contribution is -2.28. The summed E-state index contributed by atoms with van der Waals surface area (Å²) in [4.78, 5) is 12.0. The lowest BCUT2D eigenvalue weighted by atomic mass is 10.2. The Morgan fingerprint density at radius 2 is 2.04 bits per heavy atom. The molecule has 25 heavy (non-hydrogen) atoms. The molecule has 0 saturated heterocycles. The van der Waals surface area contributed by atoms with Crippen LogP contribution in [0, 0.1) is 0 Å². The van der Waals surface area contributed by atoms with Crippen molar-refractivity contribution in [2.45, 2.75) is 19.9 Å². The molecule has 1 aliphatic rings. The van der Waals surface area contributed by atoms with Gasteiger partial charge in [-0.1, -0.05) is 24.6 Å². The van der Waals surface area contributed by atoms with Crippen LogP contribution in [0.25, 0.3) is 0 Å². The van der Waals surface area contributed by atoms with Crippen molar-refractivity contribution in [2.75, 3.05) is 18.7 Å². The number of urea groups is 1. The lowest BCUT2D eigenvalue weighted by molar-refractivity contribution is 0.174. The maximum atomic E-state index is 12.0. The number of amides is 2. The van der Waals surface area contributed by atoms with Gasteiger partial charge >= 0.3 is 6.03 Å². The molecule has 132 valence electrons. The van der Waals surface area contributed by atoms with E-state index in [0.29, 0.717) is 41.1 Å². The van der Waals surface area contributed by atoms with Gasteiger partial charge in [0.15, 0.2) is 11.5 Å². The Balaban J connectivity index is 1.53. The smallest absolute Gasteiger partial charge is 0.319 e. The van der Waals surface area contributed by atoms with E-state index in [1.165, 1.54) is 0 Å². The Labute approximate surface area is 151 Å². The van der Waals surface area contributed by atoms with Gasteiger partial charge in [-0.05, 0) is 42.3 Å². The summed E-state index contributed by atoms with van der Waals surface area (Å²) in [5, 5.41) is 5.99. The van der Waals surface area contributed by atoms with Gasteiger partial charge in [0.1, 0.15) is 5.75 Å². The summed E-state index contributed by atoms with van der Waals surface area (Å²) in [7, 11) is 0. The largest absolute Gasteiger partial charge is 0.492 e. The van der Waals surface area contributed by atoms with Crippen LogP contribution in [0.1, 0.15) is 18.9 Å². The summed E-state index contributed by atoms with van der Waals surface area (Å²) in [6, 6.07) is 10.4. The normalized spacial score (nSPS) is 11.9. The van der Waals surface area contributed by atoms with E-state index in [9.17, 15) is 4.79 Å². The summed E-state index contributed by atoms with van der Waals surface area (Å²) < 4.78 is 16.1. The number of ether oxygens (including phenoxy) is 3. The van der Waals surface area contributed by atoms with E-state index in [1.807, 2.05) is 25.1 Å². The zero-order chi connectivity index (χ0) is 17.6. The number of benzene rings is 2. The minimum atomic E-state index is -0.323. The zero-order valence-corrected chi connectivity index (χ0v) is 14.6. The van der Waals surface area contributed by atoms with Crippen LogP contribution in [0.2, 0.25) is 5.02 Å². The molecule has 0 fully saturated rings. The van der Waals surface area contributed by atoms with Crippen LogP contribution in [0.3, 0.4) is 0 Å². The molecule has 0 atom stereocenters. The first kappa shape index (κ1) is 17.2. The Morgan fingerprint density at radius 3 is 2.84 bits per heavy atom. The number of anilines is 1. The van der Waals surface area contributed by atoms with Crippen LogP contribution in [-0.2, 0) is 6.54 Å². The third-order valence-corrected chi connectivity index (χ3v) is 3.84. The van der Waals surface area contributed by atoms with Crippen molar-refractivity contribution in [3.8, 4) is 17.2 Å². The van der Waals surface area contributed by atoms with E-state index in [-0.39, 0.29) is 12.8 Å². The lowest BCUT2D eigenvalue weighted by Gasteiger charge is -2.11. The second kappa shape index (κ2) is 7.98. The fourth-order valence-corrected chi connectivity index (χ4v) is 2.55. The predicted molar refractivity (Wildman–Crippen MR) is 95.7 cm³/mol. The molecular formula is C18H19ClN2O4. The third kappa shape index (κ3) is 4.48. The second-order valence-electron chi connectivity index (χ2n) is 5.49. The quantitative estimate of drug-likeness (QED) is 0.808. The van der Waals surface area contributed by atoms with E-state index in [4.69, 9.17) is 25.8 Å². The number of halogens is 1. The molecule has 0 unspecified atom stereocenters. The molecule has 1 heterocycles. The molecule has 2 aromatic carbocycles. The molecule has 2 aromatic rings. The Kier molecular flexibility index (Phi) is 5.50. The van der Waals surface area contributed by atoms with E-state index < -0.39 is 0 Å². The monoisotopic (exact) mass is 362 g/mol. The number of carbonyl (C=O) groups is 1. The molecule has 0 radical (unpaired) electrons. The van der Waals surface area contributed by atoms with Gasteiger partial charge in [0.2, 0.25) is 6.79 Å². The highest BCUT2D eigenvalue weighted by Gasteiger charge is 2.13. The van der Waals surface area contributed by atoms with Gasteiger partial charge in [-0.2, -0.15) is 0 Å². The van der Waals surface area contributed by atoms with Gasteiger partial charge in [0.05, 0.1) is 11.6 Å². The van der Waals surface area contributed by atoms with E-state index >= 15 is 0 Å². The SMILES string of the molecule is CCCOc1ccc(NC(=O)NCc2ccc3c(c2)OCO3)cc1Cl. The van der Waals surface area contributed by atoms with Crippen molar-refractivity contribution >= 4 is 23.3 Å². The van der Waals surface area contributed by atoms with E-state index in [0.717, 1.165) is 12.0 Å². The van der Waals surface area contributed by atoms with Gasteiger partial charge in [-0.15, -0.1) is 0 Å². The molecule has 1 aliphatic heterocycles. The van der Waals surface area contributed by atoms with Gasteiger partial charge in [-0.25, -0.2) is 4.79 Å². The molecule has 0 aliphatic carbocycles. The average molecular weight is 363 g/mol. The highest BCUT2D eigenvalue weighted by Crippen LogP contribution is 2.32. The number of hydrogen-bond acceptors (Lipinski definition) is 4. The van der Waals surface area contributed by atoms with Crippen molar-refractivity contribution in [1.29, 1.82) is 0 Å². The van der Waals surface area contributed by atoms with Crippen molar-refractivity contribution in [1.82, 2.24) is 5.32 Å². The van der Waals surface area contributed by atoms with Crippen LogP contribution in [-0.4, -0.2) is 19.4 Å². The fraction of sp³-hybridized carbons (Fsp3) is 0.278. The molecule has 0 saturated carbocycles. The summed E-state index contributed by atoms with van der Waals surface area (Å²) in [6.07, 6.45) is 0.901. The Morgan fingerprint density at radius 1 is 1.20 bits per heavy atom. The second-order valence-corrected chi connectivity index (χ2v) is 5.90. The number of hydrogen-bond donors (Lipinski definition) is 2. The van der Waals surface area contributed by atoms with Crippen molar-refractivity contribution in [3.05, 3.63) is 47.0 Å². The van der Waals surface area contributed by atoms with Crippen LogP contribution < -0.4 is 24.8 Å². The first-order valence-electron chi connectivity index (χ1n) is 8.01. The standard InChI is InChI=1S/C18H19ClN2O4/c1-2-7-23-15-6-4-13(9-14(15)19)21-18(22)20-10-12-3-5-16-17(8-12)25-11-24-16/h3-6,8-9H,2,7,10-11H2,1H3,(H2,20,21,22). The minimum absolute atomic E-state index is 0.228. The van der Waals surface area contributed by atoms with E-state index in [1.54, 1.807) is 18.2 Å². The molecule has 0 spiro atoms. The molecule has 2 N–H and O–H groups in total. The van der Waals surface area contributed by atoms with Crippen molar-refractivity contribution in [3.63, 3.8) is 0 Å². The van der Waals surface area contributed by atoms with E-state index in [2.05, 4.69) is 10.6 Å². The molecule has 7 heteroatoms. The number of nitrogens with one attached hydrogen (secondary N) is 2. The van der Waals surface area contributed by atoms with Crippen LogP contribution >= 0.6 is 11.6 Å². The zero-order valence-electron chi connectivity index (χ0n) is 13.8. The number of fused-ring (bicyclic) bond motifs is 1. The van der Waals surface area contributed by atoms with Crippen LogP contribution in [0.5, 0.6) is 17.2 Å². The highest BCUT2D eigenvalue weighted by molar-refractivity contribution is 6.32. The predicted octanol–water partition coefficient (Wildman–Crippen LogP) is 4.18. The van der Waals surface area contributed by atoms with Gasteiger partial charge in [-0.3, -0.25) is 0 Å². The molecule has 0 bridgehead atoms. The molecule has 2 amide bonds. The summed E-state index contributed by atoms with van der Waals surface area (Å²) >= 11 is 6.15. The molecule has 6 nitrogen and oxygen atoms in total. The first-order chi connectivity index (χ1) is 12.2. The topological polar surface area (TPSA) is 68.8 Å². The molecule has 0 aromatic heterocycles. The first-order valence-corrected chi connectivity index (χ1v) is 8.39. The molecule has 3 rings (SSSR count). The number of carbonyl (C=O) groups excluding carboxylic acids is 1. The molecular weight excluding hydrogens is 344 g/mol. The Bertz CT molecular complexity index is 767. The van der Waals surface area contributed by atoms with Crippen LogP contribution in [0.4, 0.5) is 10.5 Å². The van der Waals surface area contributed by atoms with Crippen LogP contribution in [0.15, 0.2) is 36.4 Å². The van der Waals surface area contributed by atoms with Crippen molar-refractivity contribution in [2.24, 2.45) is 0 Å². The summed E-state index contributed by atoms with van der Waals surface area (Å²) in [6.45, 7) is 3.22. The highest BCUT2D eigenvalue weighted by atomic mass is 35.5. The third-order valence-electron chi connectivity index (χ3n) is 3.54. The van der Waals surface area contributed by atoms with Gasteiger partial charge in [0, 0.05) is 12.2 Å². The number of rotatable bonds is 6. The van der Waals surface area contributed by atoms with Gasteiger partial charge < -0.3 is 24.8 Å². The van der Waals surface area contributed by atoms with Gasteiger partial charge in [0.25, 0.3) is 0 Å². The maximum Gasteiger partial charge on any atom is 0.319 e. The Hall–Kier alpha value is -2.60. The fourth-order valence-electron chi connectivity index (χ4n) is 2.32.